The smallest absolute Gasteiger partial charge is 0.340 e. The number of benzene rings is 1. The van der Waals surface area contributed by atoms with E-state index in [1.54, 1.807) is 23.1 Å². The zero-order chi connectivity index (χ0) is 25.9. The Morgan fingerprint density at radius 3 is 2.25 bits per heavy atom. The van der Waals surface area contributed by atoms with E-state index in [4.69, 9.17) is 5.26 Å². The van der Waals surface area contributed by atoms with Crippen molar-refractivity contribution in [2.24, 2.45) is 5.92 Å². The molecule has 2 aromatic rings. The van der Waals surface area contributed by atoms with Gasteiger partial charge >= 0.3 is 12.4 Å². The number of hydrogen-bond acceptors (Lipinski definition) is 7. The van der Waals surface area contributed by atoms with Crippen LogP contribution in [0.5, 0.6) is 0 Å². The first-order valence-electron chi connectivity index (χ1n) is 10.9. The molecular formula is C23H20F6N6S. The second-order valence-electron chi connectivity index (χ2n) is 8.11. The summed E-state index contributed by atoms with van der Waals surface area (Å²) in [6, 6.07) is 8.99. The third kappa shape index (κ3) is 6.50. The summed E-state index contributed by atoms with van der Waals surface area (Å²) in [6.45, 7) is 1.59. The third-order valence-corrected chi connectivity index (χ3v) is 6.67. The van der Waals surface area contributed by atoms with E-state index in [0.29, 0.717) is 42.3 Å². The molecule has 1 aliphatic heterocycles. The van der Waals surface area contributed by atoms with Gasteiger partial charge in [0.1, 0.15) is 5.82 Å². The van der Waals surface area contributed by atoms with E-state index in [-0.39, 0.29) is 18.2 Å². The van der Waals surface area contributed by atoms with Crippen molar-refractivity contribution < 1.29 is 26.3 Å². The molecule has 6 nitrogen and oxygen atoms in total. The van der Waals surface area contributed by atoms with Gasteiger partial charge in [-0.15, -0.1) is 0 Å². The molecule has 190 valence electrons. The van der Waals surface area contributed by atoms with Gasteiger partial charge in [0.15, 0.2) is 5.69 Å². The van der Waals surface area contributed by atoms with Crippen LogP contribution < -0.4 is 10.2 Å². The van der Waals surface area contributed by atoms with Gasteiger partial charge < -0.3 is 10.2 Å². The number of aromatic nitrogens is 2. The number of allylic oxidation sites excluding steroid dienone is 3. The van der Waals surface area contributed by atoms with Gasteiger partial charge in [-0.1, -0.05) is 18.2 Å². The van der Waals surface area contributed by atoms with E-state index in [1.165, 1.54) is 30.2 Å². The highest BCUT2D eigenvalue weighted by Gasteiger charge is 2.38. The van der Waals surface area contributed by atoms with Crippen LogP contribution in [0, 0.1) is 17.2 Å². The van der Waals surface area contributed by atoms with Crippen molar-refractivity contribution in [2.45, 2.75) is 18.8 Å². The Balaban J connectivity index is 1.42. The minimum absolute atomic E-state index is 0.0365. The number of nitriles is 1. The number of nitrogens with one attached hydrogen (secondary N) is 1. The number of nitrogens with zero attached hydrogens (tertiary/aromatic N) is 5. The lowest BCUT2D eigenvalue weighted by atomic mass is 10.0. The van der Waals surface area contributed by atoms with Crippen molar-refractivity contribution in [2.75, 3.05) is 36.4 Å². The first-order chi connectivity index (χ1) is 17.0. The molecule has 1 aliphatic carbocycles. The molecule has 36 heavy (non-hydrogen) atoms. The van der Waals surface area contributed by atoms with Crippen LogP contribution in [0.25, 0.3) is 0 Å². The fourth-order valence-electron chi connectivity index (χ4n) is 3.60. The maximum atomic E-state index is 13.5. The normalized spacial score (nSPS) is 19.1. The Labute approximate surface area is 207 Å². The topological polar surface area (TPSA) is 68.1 Å². The summed E-state index contributed by atoms with van der Waals surface area (Å²) < 4.78 is 80.9. The predicted molar refractivity (Wildman–Crippen MR) is 124 cm³/mol. The van der Waals surface area contributed by atoms with Crippen LogP contribution in [0.2, 0.25) is 0 Å². The molecule has 4 rings (SSSR count). The fraction of sp³-hybridized carbons (Fsp3) is 0.348. The van der Waals surface area contributed by atoms with Crippen LogP contribution in [0.1, 0.15) is 17.7 Å². The van der Waals surface area contributed by atoms with Gasteiger partial charge in [-0.2, -0.15) is 36.6 Å². The van der Waals surface area contributed by atoms with Gasteiger partial charge in [0.05, 0.1) is 17.6 Å². The Hall–Kier alpha value is -3.24. The van der Waals surface area contributed by atoms with E-state index in [0.717, 1.165) is 12.1 Å². The maximum absolute atomic E-state index is 13.5. The summed E-state index contributed by atoms with van der Waals surface area (Å²) in [5.74, 6) is -1.59. The van der Waals surface area contributed by atoms with Crippen LogP contribution in [0.3, 0.4) is 0 Å². The number of piperazine rings is 1. The van der Waals surface area contributed by atoms with E-state index in [9.17, 15) is 26.3 Å². The molecule has 1 aromatic heterocycles. The number of halogens is 6. The molecule has 1 atom stereocenters. The van der Waals surface area contributed by atoms with Gasteiger partial charge in [-0.3, -0.25) is 0 Å². The fourth-order valence-corrected chi connectivity index (χ4v) is 4.55. The van der Waals surface area contributed by atoms with Gasteiger partial charge in [0.25, 0.3) is 0 Å². The maximum Gasteiger partial charge on any atom is 0.433 e. The lowest BCUT2D eigenvalue weighted by Crippen LogP contribution is -2.44. The number of alkyl halides is 6. The van der Waals surface area contributed by atoms with E-state index in [1.807, 2.05) is 10.4 Å². The van der Waals surface area contributed by atoms with Crippen molar-refractivity contribution in [3.05, 3.63) is 64.7 Å². The second-order valence-corrected chi connectivity index (χ2v) is 9.28. The molecule has 0 amide bonds. The minimum Gasteiger partial charge on any atom is -0.340 e. The zero-order valence-electron chi connectivity index (χ0n) is 18.6. The highest BCUT2D eigenvalue weighted by atomic mass is 32.2. The van der Waals surface area contributed by atoms with E-state index >= 15 is 0 Å². The monoisotopic (exact) mass is 526 g/mol. The van der Waals surface area contributed by atoms with Crippen LogP contribution in [-0.4, -0.2) is 46.6 Å². The average Bonchev–Trinajstić information content (AvgIpc) is 2.84. The number of anilines is 3. The SMILES string of the molecule is N#Cc1ccc(Nc2cc(C(F)(F)F)nc(N3CCN(SC4=CCC(C(F)(F)F)C=C4)CC3)n2)cc1. The number of rotatable bonds is 5. The lowest BCUT2D eigenvalue weighted by molar-refractivity contribution is -0.160. The average molecular weight is 527 g/mol. The molecule has 0 bridgehead atoms. The molecule has 13 heteroatoms. The van der Waals surface area contributed by atoms with Gasteiger partial charge in [-0.05, 0) is 42.6 Å². The summed E-state index contributed by atoms with van der Waals surface area (Å²) in [6.07, 6.45) is -4.91. The molecular weight excluding hydrogens is 506 g/mol. The summed E-state index contributed by atoms with van der Waals surface area (Å²) >= 11 is 1.32. The van der Waals surface area contributed by atoms with Crippen molar-refractivity contribution in [3.63, 3.8) is 0 Å². The Morgan fingerprint density at radius 2 is 1.69 bits per heavy atom. The first-order valence-corrected chi connectivity index (χ1v) is 11.6. The summed E-state index contributed by atoms with van der Waals surface area (Å²) in [5.41, 5.74) is -0.206. The summed E-state index contributed by atoms with van der Waals surface area (Å²) in [4.78, 5) is 10.3. The molecule has 1 aromatic carbocycles. The zero-order valence-corrected chi connectivity index (χ0v) is 19.5. The van der Waals surface area contributed by atoms with Crippen LogP contribution in [-0.2, 0) is 6.18 Å². The van der Waals surface area contributed by atoms with Crippen molar-refractivity contribution in [1.82, 2.24) is 14.3 Å². The van der Waals surface area contributed by atoms with E-state index < -0.39 is 24.0 Å². The molecule has 1 unspecified atom stereocenters. The molecule has 1 saturated heterocycles. The first kappa shape index (κ1) is 25.8. The second kappa shape index (κ2) is 10.4. The van der Waals surface area contributed by atoms with Gasteiger partial charge in [0, 0.05) is 42.8 Å². The highest BCUT2D eigenvalue weighted by molar-refractivity contribution is 8.01. The van der Waals surface area contributed by atoms with Gasteiger partial charge in [-0.25, -0.2) is 9.29 Å². The van der Waals surface area contributed by atoms with Crippen molar-refractivity contribution >= 4 is 29.4 Å². The summed E-state index contributed by atoms with van der Waals surface area (Å²) in [5, 5.41) is 11.7. The quantitative estimate of drug-likeness (QED) is 0.384. The van der Waals surface area contributed by atoms with Crippen LogP contribution in [0.15, 0.2) is 53.5 Å². The highest BCUT2D eigenvalue weighted by Crippen LogP contribution is 2.37. The third-order valence-electron chi connectivity index (χ3n) is 5.53. The number of hydrogen-bond donors (Lipinski definition) is 1. The molecule has 0 radical (unpaired) electrons. The summed E-state index contributed by atoms with van der Waals surface area (Å²) in [7, 11) is 0. The van der Waals surface area contributed by atoms with Gasteiger partial charge in [0.2, 0.25) is 5.95 Å². The molecule has 1 fully saturated rings. The predicted octanol–water partition coefficient (Wildman–Crippen LogP) is 5.90. The largest absolute Gasteiger partial charge is 0.433 e. The Kier molecular flexibility index (Phi) is 7.46. The Bertz CT molecular complexity index is 1180. The Morgan fingerprint density at radius 1 is 1.00 bits per heavy atom. The van der Waals surface area contributed by atoms with Crippen LogP contribution >= 0.6 is 11.9 Å². The minimum atomic E-state index is -4.68. The molecule has 0 spiro atoms. The molecule has 2 heterocycles. The molecule has 0 saturated carbocycles. The van der Waals surface area contributed by atoms with E-state index in [2.05, 4.69) is 15.3 Å². The molecule has 1 N–H and O–H groups in total. The molecule has 2 aliphatic rings. The van der Waals surface area contributed by atoms with Crippen molar-refractivity contribution in [3.8, 4) is 6.07 Å². The standard InChI is InChI=1S/C23H20F6N6S/c24-22(25,26)16-3-7-18(8-4-16)36-35-11-9-34(10-12-35)21-32-19(23(27,28)29)13-20(33-21)31-17-5-1-15(14-30)2-6-17/h1-3,5-8,13,16H,4,9-12H2,(H,31,32,33). The van der Waals surface area contributed by atoms with Crippen molar-refractivity contribution in [1.29, 1.82) is 5.26 Å². The van der Waals surface area contributed by atoms with Crippen LogP contribution in [0.4, 0.5) is 43.8 Å². The lowest BCUT2D eigenvalue weighted by Gasteiger charge is -2.34.